The molecule has 2 aromatic rings. The van der Waals surface area contributed by atoms with Crippen LogP contribution in [0, 0.1) is 0 Å². The number of ether oxygens (including phenoxy) is 1. The highest BCUT2D eigenvalue weighted by molar-refractivity contribution is 5.90. The Balaban J connectivity index is 2.35. The van der Waals surface area contributed by atoms with Gasteiger partial charge in [0.2, 0.25) is 0 Å². The summed E-state index contributed by atoms with van der Waals surface area (Å²) < 4.78 is 10.6. The second-order valence-corrected chi connectivity index (χ2v) is 4.03. The second-order valence-electron chi connectivity index (χ2n) is 4.03. The van der Waals surface area contributed by atoms with Crippen molar-refractivity contribution in [1.82, 2.24) is 0 Å². The summed E-state index contributed by atoms with van der Waals surface area (Å²) in [5.41, 5.74) is 7.09. The van der Waals surface area contributed by atoms with Gasteiger partial charge in [0.15, 0.2) is 5.76 Å². The zero-order valence-corrected chi connectivity index (χ0v) is 10.3. The van der Waals surface area contributed by atoms with Crippen LogP contribution in [0.3, 0.4) is 0 Å². The highest BCUT2D eigenvalue weighted by Crippen LogP contribution is 2.26. The summed E-state index contributed by atoms with van der Waals surface area (Å²) >= 11 is 0. The molecule has 0 bridgehead atoms. The third-order valence-corrected chi connectivity index (χ3v) is 2.84. The topological polar surface area (TPSA) is 65.5 Å². The predicted octanol–water partition coefficient (Wildman–Crippen LogP) is 2.75. The minimum Gasteiger partial charge on any atom is -0.451 e. The van der Waals surface area contributed by atoms with E-state index in [1.807, 2.05) is 31.2 Å². The molecule has 18 heavy (non-hydrogen) atoms. The maximum atomic E-state index is 11.0. The molecule has 0 fully saturated rings. The van der Waals surface area contributed by atoms with Crippen molar-refractivity contribution in [3.05, 3.63) is 47.7 Å². The molecule has 1 atom stereocenters. The van der Waals surface area contributed by atoms with Crippen LogP contribution in [0.15, 0.2) is 40.8 Å². The summed E-state index contributed by atoms with van der Waals surface area (Å²) in [5, 5.41) is 0. The zero-order valence-electron chi connectivity index (χ0n) is 10.3. The van der Waals surface area contributed by atoms with Gasteiger partial charge in [-0.1, -0.05) is 18.2 Å². The van der Waals surface area contributed by atoms with Crippen molar-refractivity contribution >= 4 is 5.91 Å². The second kappa shape index (κ2) is 5.06. The molecule has 1 aromatic carbocycles. The number of furan rings is 1. The minimum absolute atomic E-state index is 0.00974. The Hall–Kier alpha value is -2.07. The van der Waals surface area contributed by atoms with E-state index in [2.05, 4.69) is 0 Å². The van der Waals surface area contributed by atoms with Gasteiger partial charge in [0, 0.05) is 12.7 Å². The molecule has 2 rings (SSSR count). The molecule has 0 aliphatic carbocycles. The molecule has 4 nitrogen and oxygen atoms in total. The average Bonchev–Trinajstić information content (AvgIpc) is 2.88. The lowest BCUT2D eigenvalue weighted by Gasteiger charge is -2.10. The molecule has 0 aliphatic heterocycles. The lowest BCUT2D eigenvalue weighted by atomic mass is 10.1. The number of carbonyl (C=O) groups excluding carboxylic acids is 1. The normalized spacial score (nSPS) is 12.3. The van der Waals surface area contributed by atoms with Crippen LogP contribution in [0.5, 0.6) is 0 Å². The molecular weight excluding hydrogens is 230 g/mol. The van der Waals surface area contributed by atoms with E-state index >= 15 is 0 Å². The first-order valence-electron chi connectivity index (χ1n) is 5.64. The fourth-order valence-corrected chi connectivity index (χ4v) is 1.71. The standard InChI is InChI=1S/C14H15NO3/c1-9(17-2)10-4-3-5-11(8-10)12-6-7-13(18-12)14(15)16/h3-9H,1-2H3,(H2,15,16). The van der Waals surface area contributed by atoms with E-state index in [0.717, 1.165) is 11.1 Å². The minimum atomic E-state index is -0.567. The van der Waals surface area contributed by atoms with E-state index in [4.69, 9.17) is 14.9 Å². The molecule has 0 saturated carbocycles. The number of amides is 1. The van der Waals surface area contributed by atoms with Crippen molar-refractivity contribution in [2.75, 3.05) is 7.11 Å². The summed E-state index contributed by atoms with van der Waals surface area (Å²) in [6.07, 6.45) is 0.00974. The Labute approximate surface area is 105 Å². The molecule has 1 heterocycles. The largest absolute Gasteiger partial charge is 0.451 e. The maximum Gasteiger partial charge on any atom is 0.284 e. The van der Waals surface area contributed by atoms with Gasteiger partial charge in [-0.05, 0) is 30.7 Å². The van der Waals surface area contributed by atoms with Gasteiger partial charge >= 0.3 is 0 Å². The van der Waals surface area contributed by atoms with Gasteiger partial charge in [-0.15, -0.1) is 0 Å². The van der Waals surface area contributed by atoms with E-state index < -0.39 is 5.91 Å². The van der Waals surface area contributed by atoms with Crippen molar-refractivity contribution in [3.8, 4) is 11.3 Å². The first kappa shape index (κ1) is 12.4. The maximum absolute atomic E-state index is 11.0. The van der Waals surface area contributed by atoms with Gasteiger partial charge in [0.1, 0.15) is 5.76 Å². The van der Waals surface area contributed by atoms with Crippen molar-refractivity contribution in [2.24, 2.45) is 5.73 Å². The van der Waals surface area contributed by atoms with Gasteiger partial charge in [-0.3, -0.25) is 4.79 Å². The molecule has 1 amide bonds. The average molecular weight is 245 g/mol. The smallest absolute Gasteiger partial charge is 0.284 e. The molecule has 1 unspecified atom stereocenters. The molecule has 4 heteroatoms. The predicted molar refractivity (Wildman–Crippen MR) is 68.1 cm³/mol. The van der Waals surface area contributed by atoms with Crippen LogP contribution >= 0.6 is 0 Å². The van der Waals surface area contributed by atoms with Gasteiger partial charge < -0.3 is 14.9 Å². The lowest BCUT2D eigenvalue weighted by molar-refractivity contribution is 0.0974. The number of primary amides is 1. The molecular formula is C14H15NO3. The molecule has 0 radical (unpaired) electrons. The summed E-state index contributed by atoms with van der Waals surface area (Å²) in [6.45, 7) is 1.97. The third-order valence-electron chi connectivity index (χ3n) is 2.84. The van der Waals surface area contributed by atoms with Gasteiger partial charge in [-0.2, -0.15) is 0 Å². The Bertz CT molecular complexity index is 560. The fourth-order valence-electron chi connectivity index (χ4n) is 1.71. The van der Waals surface area contributed by atoms with Crippen molar-refractivity contribution in [1.29, 1.82) is 0 Å². The molecule has 0 saturated heterocycles. The molecule has 94 valence electrons. The highest BCUT2D eigenvalue weighted by atomic mass is 16.5. The summed E-state index contributed by atoms with van der Waals surface area (Å²) in [6, 6.07) is 11.1. The highest BCUT2D eigenvalue weighted by Gasteiger charge is 2.10. The van der Waals surface area contributed by atoms with Crippen LogP contribution in [-0.4, -0.2) is 13.0 Å². The van der Waals surface area contributed by atoms with Crippen LogP contribution in [0.25, 0.3) is 11.3 Å². The van der Waals surface area contributed by atoms with Crippen LogP contribution < -0.4 is 5.73 Å². The van der Waals surface area contributed by atoms with Gasteiger partial charge in [-0.25, -0.2) is 0 Å². The van der Waals surface area contributed by atoms with Gasteiger partial charge in [0.25, 0.3) is 5.91 Å². The molecule has 0 aliphatic rings. The summed E-state index contributed by atoms with van der Waals surface area (Å²) in [7, 11) is 1.66. The Morgan fingerprint density at radius 2 is 2.11 bits per heavy atom. The third kappa shape index (κ3) is 2.43. The lowest BCUT2D eigenvalue weighted by Crippen LogP contribution is -2.09. The van der Waals surface area contributed by atoms with Crippen LogP contribution in [-0.2, 0) is 4.74 Å². The number of hydrogen-bond donors (Lipinski definition) is 1. The molecule has 1 aromatic heterocycles. The number of nitrogens with two attached hydrogens (primary N) is 1. The molecule has 0 spiro atoms. The zero-order chi connectivity index (χ0) is 13.1. The van der Waals surface area contributed by atoms with Gasteiger partial charge in [0.05, 0.1) is 6.10 Å². The monoisotopic (exact) mass is 245 g/mol. The van der Waals surface area contributed by atoms with E-state index in [-0.39, 0.29) is 11.9 Å². The SMILES string of the molecule is COC(C)c1cccc(-c2ccc(C(N)=O)o2)c1. The number of methoxy groups -OCH3 is 1. The summed E-state index contributed by atoms with van der Waals surface area (Å²) in [5.74, 6) is 0.215. The van der Waals surface area contributed by atoms with E-state index in [1.165, 1.54) is 0 Å². The number of rotatable bonds is 4. The van der Waals surface area contributed by atoms with E-state index in [0.29, 0.717) is 5.76 Å². The number of carbonyl (C=O) groups is 1. The first-order valence-corrected chi connectivity index (χ1v) is 5.64. The van der Waals surface area contributed by atoms with E-state index in [9.17, 15) is 4.79 Å². The molecule has 2 N–H and O–H groups in total. The van der Waals surface area contributed by atoms with Crippen LogP contribution in [0.2, 0.25) is 0 Å². The van der Waals surface area contributed by atoms with E-state index in [1.54, 1.807) is 19.2 Å². The van der Waals surface area contributed by atoms with Crippen molar-refractivity contribution in [2.45, 2.75) is 13.0 Å². The first-order chi connectivity index (χ1) is 8.61. The number of benzene rings is 1. The Morgan fingerprint density at radius 3 is 2.72 bits per heavy atom. The van der Waals surface area contributed by atoms with Crippen LogP contribution in [0.1, 0.15) is 29.1 Å². The quantitative estimate of drug-likeness (QED) is 0.900. The summed E-state index contributed by atoms with van der Waals surface area (Å²) in [4.78, 5) is 11.0. The van der Waals surface area contributed by atoms with Crippen molar-refractivity contribution in [3.63, 3.8) is 0 Å². The van der Waals surface area contributed by atoms with Crippen molar-refractivity contribution < 1.29 is 13.9 Å². The van der Waals surface area contributed by atoms with Crippen LogP contribution in [0.4, 0.5) is 0 Å². The fraction of sp³-hybridized carbons (Fsp3) is 0.214. The number of hydrogen-bond acceptors (Lipinski definition) is 3. The Kier molecular flexibility index (Phi) is 3.48. The Morgan fingerprint density at radius 1 is 1.33 bits per heavy atom.